The first-order valence-corrected chi connectivity index (χ1v) is 6.34. The Bertz CT molecular complexity index is 241. The normalized spacial score (nSPS) is 11.4. The average Bonchev–Trinajstić information content (AvgIpc) is 2.28. The lowest BCUT2D eigenvalue weighted by atomic mass is 10.3. The van der Waals surface area contributed by atoms with E-state index in [4.69, 9.17) is 11.6 Å². The summed E-state index contributed by atoms with van der Waals surface area (Å²) in [5, 5.41) is 4.05. The number of nitrogens with one attached hydrogen (secondary N) is 1. The van der Waals surface area contributed by atoms with Gasteiger partial charge in [-0.15, -0.1) is 0 Å². The predicted molar refractivity (Wildman–Crippen MR) is 80.4 cm³/mol. The molecule has 0 saturated carbocycles. The van der Waals surface area contributed by atoms with Crippen molar-refractivity contribution in [1.82, 2.24) is 10.2 Å². The molecule has 0 aromatic rings. The summed E-state index contributed by atoms with van der Waals surface area (Å²) in [6.45, 7) is 14.8. The molecule has 0 rings (SSSR count). The van der Waals surface area contributed by atoms with Gasteiger partial charge in [0.2, 0.25) is 0 Å². The van der Waals surface area contributed by atoms with E-state index in [2.05, 4.69) is 30.8 Å². The largest absolute Gasteiger partial charge is 0.390 e. The number of likely N-dealkylation sites (N-methyl/N-ethyl adjacent to an activating group) is 1. The van der Waals surface area contributed by atoms with Crippen LogP contribution in [-0.4, -0.2) is 31.6 Å². The highest BCUT2D eigenvalue weighted by Gasteiger charge is 1.89. The molecule has 0 amide bonds. The van der Waals surface area contributed by atoms with Gasteiger partial charge >= 0.3 is 0 Å². The summed E-state index contributed by atoms with van der Waals surface area (Å²) < 4.78 is 0. The smallest absolute Gasteiger partial charge is 0.0269 e. The van der Waals surface area contributed by atoms with Crippen molar-refractivity contribution in [2.24, 2.45) is 0 Å². The molecular formula is C14H27ClN2. The van der Waals surface area contributed by atoms with E-state index in [1.165, 1.54) is 0 Å². The topological polar surface area (TPSA) is 15.3 Å². The van der Waals surface area contributed by atoms with E-state index in [1.54, 1.807) is 0 Å². The molecule has 0 aliphatic heterocycles. The van der Waals surface area contributed by atoms with Crippen molar-refractivity contribution < 1.29 is 0 Å². The molecule has 0 heterocycles. The number of halogens is 1. The Morgan fingerprint density at radius 2 is 1.94 bits per heavy atom. The zero-order valence-electron chi connectivity index (χ0n) is 11.9. The summed E-state index contributed by atoms with van der Waals surface area (Å²) in [4.78, 5) is 2.27. The van der Waals surface area contributed by atoms with Crippen LogP contribution in [0.2, 0.25) is 0 Å². The monoisotopic (exact) mass is 258 g/mol. The summed E-state index contributed by atoms with van der Waals surface area (Å²) in [5.41, 5.74) is 1.08. The molecule has 0 aromatic carbocycles. The van der Waals surface area contributed by atoms with Crippen LogP contribution in [0.15, 0.2) is 35.5 Å². The third-order valence-corrected chi connectivity index (χ3v) is 2.28. The Hall–Kier alpha value is -0.730. The van der Waals surface area contributed by atoms with Crippen LogP contribution in [0, 0.1) is 0 Å². The van der Waals surface area contributed by atoms with Gasteiger partial charge in [-0.25, -0.2) is 0 Å². The first-order valence-electron chi connectivity index (χ1n) is 5.96. The second-order valence-corrected chi connectivity index (χ2v) is 4.50. The zero-order valence-corrected chi connectivity index (χ0v) is 12.6. The van der Waals surface area contributed by atoms with Gasteiger partial charge in [-0.05, 0) is 46.6 Å². The van der Waals surface area contributed by atoms with Crippen LogP contribution in [0.4, 0.5) is 0 Å². The van der Waals surface area contributed by atoms with Crippen molar-refractivity contribution in [2.75, 3.05) is 26.7 Å². The molecule has 0 bridgehead atoms. The van der Waals surface area contributed by atoms with Gasteiger partial charge in [0.1, 0.15) is 0 Å². The van der Waals surface area contributed by atoms with Crippen molar-refractivity contribution in [3.05, 3.63) is 35.5 Å². The maximum absolute atomic E-state index is 5.32. The van der Waals surface area contributed by atoms with Gasteiger partial charge in [0.15, 0.2) is 0 Å². The van der Waals surface area contributed by atoms with Crippen LogP contribution in [0.25, 0.3) is 0 Å². The number of hydrogen-bond donors (Lipinski definition) is 1. The van der Waals surface area contributed by atoms with Crippen molar-refractivity contribution in [1.29, 1.82) is 0 Å². The van der Waals surface area contributed by atoms with Gasteiger partial charge in [0.05, 0.1) is 0 Å². The predicted octanol–water partition coefficient (Wildman–Crippen LogP) is 3.77. The number of hydrogen-bond acceptors (Lipinski definition) is 2. The third-order valence-electron chi connectivity index (χ3n) is 2.06. The average molecular weight is 259 g/mol. The minimum absolute atomic E-state index is 0.852. The molecule has 0 aromatic heterocycles. The molecule has 0 spiro atoms. The number of nitrogens with zero attached hydrogens (tertiary/aromatic N) is 1. The van der Waals surface area contributed by atoms with Crippen molar-refractivity contribution in [3.8, 4) is 0 Å². The van der Waals surface area contributed by atoms with Gasteiger partial charge in [0, 0.05) is 18.1 Å². The van der Waals surface area contributed by atoms with Crippen molar-refractivity contribution >= 4 is 11.6 Å². The van der Waals surface area contributed by atoms with Crippen LogP contribution < -0.4 is 5.32 Å². The van der Waals surface area contributed by atoms with E-state index < -0.39 is 0 Å². The molecular weight excluding hydrogens is 232 g/mol. The molecule has 0 fully saturated rings. The molecule has 0 unspecified atom stereocenters. The van der Waals surface area contributed by atoms with Crippen LogP contribution in [-0.2, 0) is 0 Å². The Balaban J connectivity index is 0. The molecule has 3 heteroatoms. The molecule has 100 valence electrons. The molecule has 17 heavy (non-hydrogen) atoms. The van der Waals surface area contributed by atoms with E-state index in [-0.39, 0.29) is 0 Å². The van der Waals surface area contributed by atoms with Crippen LogP contribution in [0.3, 0.4) is 0 Å². The maximum Gasteiger partial charge on any atom is 0.0269 e. The first kappa shape index (κ1) is 18.6. The zero-order chi connectivity index (χ0) is 13.7. The molecule has 1 N–H and O–H groups in total. The molecule has 0 saturated heterocycles. The molecule has 0 aliphatic carbocycles. The second kappa shape index (κ2) is 13.3. The highest BCUT2D eigenvalue weighted by Crippen LogP contribution is 1.93. The van der Waals surface area contributed by atoms with Gasteiger partial charge in [0.25, 0.3) is 0 Å². The lowest BCUT2D eigenvalue weighted by Gasteiger charge is -2.12. The lowest BCUT2D eigenvalue weighted by molar-refractivity contribution is 0.356. The Kier molecular flexibility index (Phi) is 14.6. The van der Waals surface area contributed by atoms with Crippen LogP contribution in [0.1, 0.15) is 27.7 Å². The standard InChI is InChI=1S/C10H20N2.C4H7Cl/c1-5-12(4)9-8-11-7-6-10(2)3;1-3-4(2)5/h6-7,11H,2,5,8-9H2,1,3-4H3;3H,1-2H3/b7-6+;4-3+. The summed E-state index contributed by atoms with van der Waals surface area (Å²) in [7, 11) is 2.12. The summed E-state index contributed by atoms with van der Waals surface area (Å²) >= 11 is 5.32. The summed E-state index contributed by atoms with van der Waals surface area (Å²) in [6.07, 6.45) is 5.78. The lowest BCUT2D eigenvalue weighted by Crippen LogP contribution is -2.26. The Labute approximate surface area is 112 Å². The van der Waals surface area contributed by atoms with E-state index in [0.717, 1.165) is 30.2 Å². The van der Waals surface area contributed by atoms with Gasteiger partial charge < -0.3 is 10.2 Å². The van der Waals surface area contributed by atoms with Crippen molar-refractivity contribution in [3.63, 3.8) is 0 Å². The highest BCUT2D eigenvalue weighted by atomic mass is 35.5. The summed E-state index contributed by atoms with van der Waals surface area (Å²) in [5.74, 6) is 0. The molecule has 0 radical (unpaired) electrons. The minimum atomic E-state index is 0.852. The van der Waals surface area contributed by atoms with Crippen LogP contribution >= 0.6 is 11.6 Å². The van der Waals surface area contributed by atoms with Gasteiger partial charge in [-0.1, -0.05) is 36.8 Å². The van der Waals surface area contributed by atoms with Crippen LogP contribution in [0.5, 0.6) is 0 Å². The molecule has 2 nitrogen and oxygen atoms in total. The first-order chi connectivity index (χ1) is 7.93. The van der Waals surface area contributed by atoms with E-state index in [0.29, 0.717) is 0 Å². The highest BCUT2D eigenvalue weighted by molar-refractivity contribution is 6.29. The number of rotatable bonds is 6. The van der Waals surface area contributed by atoms with Crippen molar-refractivity contribution in [2.45, 2.75) is 27.7 Å². The van der Waals surface area contributed by atoms with Gasteiger partial charge in [-0.2, -0.15) is 0 Å². The second-order valence-electron chi connectivity index (χ2n) is 3.91. The number of allylic oxidation sites excluding steroid dienone is 4. The molecule has 0 atom stereocenters. The van der Waals surface area contributed by atoms with E-state index in [1.807, 2.05) is 39.1 Å². The molecule has 0 aliphatic rings. The minimum Gasteiger partial charge on any atom is -0.390 e. The maximum atomic E-state index is 5.32. The summed E-state index contributed by atoms with van der Waals surface area (Å²) in [6, 6.07) is 0. The fraction of sp³-hybridized carbons (Fsp3) is 0.571. The Morgan fingerprint density at radius 3 is 2.29 bits per heavy atom. The van der Waals surface area contributed by atoms with E-state index in [9.17, 15) is 0 Å². The fourth-order valence-electron chi connectivity index (χ4n) is 0.698. The SMILES string of the molecule is C/C=C(\C)Cl.C=C(C)/C=C/NCCN(C)CC. The third kappa shape index (κ3) is 21.2. The van der Waals surface area contributed by atoms with Gasteiger partial charge in [-0.3, -0.25) is 0 Å². The Morgan fingerprint density at radius 1 is 1.41 bits per heavy atom. The quantitative estimate of drug-likeness (QED) is 0.576. The fourth-order valence-corrected chi connectivity index (χ4v) is 0.698. The van der Waals surface area contributed by atoms with E-state index >= 15 is 0 Å².